The summed E-state index contributed by atoms with van der Waals surface area (Å²) in [6, 6.07) is 0. The SMILES string of the molecule is CC(=O)OP(=O)(O)OP(=O)(O)O.[KH].[NaH]. The van der Waals surface area contributed by atoms with Crippen molar-refractivity contribution >= 4 is 103 Å². The van der Waals surface area contributed by atoms with Crippen LogP contribution in [0.1, 0.15) is 6.92 Å². The molecule has 14 heavy (non-hydrogen) atoms. The zero-order valence-electron chi connectivity index (χ0n) is 5.78. The summed E-state index contributed by atoms with van der Waals surface area (Å²) in [6.45, 7) is 0.784. The van der Waals surface area contributed by atoms with Gasteiger partial charge >= 0.3 is 103 Å². The Bertz CT molecular complexity index is 273. The van der Waals surface area contributed by atoms with Crippen LogP contribution in [0.25, 0.3) is 0 Å². The molecule has 0 aliphatic carbocycles. The van der Waals surface area contributed by atoms with Gasteiger partial charge in [-0.25, -0.2) is 9.13 Å². The van der Waals surface area contributed by atoms with Crippen LogP contribution in [0.5, 0.6) is 0 Å². The summed E-state index contributed by atoms with van der Waals surface area (Å²) in [5, 5.41) is 0. The number of carbonyl (C=O) groups excluding carboxylic acids is 1. The average Bonchev–Trinajstić information content (AvgIpc) is 1.48. The fourth-order valence-electron chi connectivity index (χ4n) is 0.314. The van der Waals surface area contributed by atoms with E-state index in [2.05, 4.69) is 8.83 Å². The van der Waals surface area contributed by atoms with Crippen molar-refractivity contribution in [2.24, 2.45) is 0 Å². The summed E-state index contributed by atoms with van der Waals surface area (Å²) >= 11 is 0. The van der Waals surface area contributed by atoms with Crippen LogP contribution in [0.2, 0.25) is 0 Å². The summed E-state index contributed by atoms with van der Waals surface area (Å²) < 4.78 is 27.3. The van der Waals surface area contributed by atoms with Crippen molar-refractivity contribution < 1.29 is 37.4 Å². The predicted octanol–water partition coefficient (Wildman–Crippen LogP) is -1.54. The Balaban J connectivity index is -0.000000605. The van der Waals surface area contributed by atoms with E-state index in [-0.39, 0.29) is 80.9 Å². The minimum atomic E-state index is -5.13. The van der Waals surface area contributed by atoms with E-state index in [0.717, 1.165) is 6.92 Å². The van der Waals surface area contributed by atoms with Gasteiger partial charge in [0.1, 0.15) is 0 Å². The number of hydrogen-bond acceptors (Lipinski definition) is 5. The van der Waals surface area contributed by atoms with Gasteiger partial charge in [0, 0.05) is 6.92 Å². The van der Waals surface area contributed by atoms with Crippen molar-refractivity contribution in [2.45, 2.75) is 6.92 Å². The Morgan fingerprint density at radius 3 is 1.79 bits per heavy atom. The molecule has 0 rings (SSSR count). The fourth-order valence-corrected chi connectivity index (χ4v) is 1.85. The quantitative estimate of drug-likeness (QED) is 0.420. The summed E-state index contributed by atoms with van der Waals surface area (Å²) in [5.41, 5.74) is 0. The Labute approximate surface area is 144 Å². The summed E-state index contributed by atoms with van der Waals surface area (Å²) in [4.78, 5) is 34.5. The Morgan fingerprint density at radius 1 is 1.21 bits per heavy atom. The molecular formula is C2H8KNaO8P2. The number of phosphoric ester groups is 1. The molecule has 0 saturated heterocycles. The molecule has 76 valence electrons. The monoisotopic (exact) mass is 284 g/mol. The van der Waals surface area contributed by atoms with E-state index in [0.29, 0.717) is 0 Å². The van der Waals surface area contributed by atoms with Gasteiger partial charge in [-0.15, -0.1) is 0 Å². The molecule has 0 bridgehead atoms. The van der Waals surface area contributed by atoms with Gasteiger partial charge in [-0.3, -0.25) is 9.69 Å². The Morgan fingerprint density at radius 2 is 1.57 bits per heavy atom. The van der Waals surface area contributed by atoms with Gasteiger partial charge in [-0.1, -0.05) is 0 Å². The normalized spacial score (nSPS) is 14.3. The summed E-state index contributed by atoms with van der Waals surface area (Å²) in [5.74, 6) is -1.19. The molecule has 0 heterocycles. The van der Waals surface area contributed by atoms with E-state index in [4.69, 9.17) is 14.7 Å². The van der Waals surface area contributed by atoms with Crippen molar-refractivity contribution in [1.29, 1.82) is 0 Å². The standard InChI is InChI=1S/C2H6O8P2.K.Na.2H/c1-2(3)9-12(7,8)10-11(4,5)6;;;;/h1H3,(H,7,8)(H2,4,5,6);;;;. The topological polar surface area (TPSA) is 130 Å². The molecule has 12 heteroatoms. The van der Waals surface area contributed by atoms with Gasteiger partial charge in [0.15, 0.2) is 0 Å². The van der Waals surface area contributed by atoms with Crippen molar-refractivity contribution in [3.63, 3.8) is 0 Å². The Kier molecular flexibility index (Phi) is 13.1. The number of phosphoric acid groups is 2. The van der Waals surface area contributed by atoms with Crippen LogP contribution in [0, 0.1) is 0 Å². The first kappa shape index (κ1) is 21.7. The van der Waals surface area contributed by atoms with Crippen LogP contribution in [0.4, 0.5) is 0 Å². The molecule has 0 aromatic rings. The Hall–Kier alpha value is 2.41. The first-order valence-corrected chi connectivity index (χ1v) is 5.45. The van der Waals surface area contributed by atoms with Crippen molar-refractivity contribution in [1.82, 2.24) is 0 Å². The van der Waals surface area contributed by atoms with Crippen molar-refractivity contribution in [2.75, 3.05) is 0 Å². The molecule has 1 atom stereocenters. The third kappa shape index (κ3) is 14.4. The molecule has 0 aliphatic rings. The van der Waals surface area contributed by atoms with Crippen LogP contribution in [0.15, 0.2) is 0 Å². The molecule has 1 unspecified atom stereocenters. The van der Waals surface area contributed by atoms with Crippen LogP contribution >= 0.6 is 15.6 Å². The molecule has 8 nitrogen and oxygen atoms in total. The third-order valence-corrected chi connectivity index (χ3v) is 2.62. The second-order valence-electron chi connectivity index (χ2n) is 1.62. The molecule has 0 aromatic heterocycles. The van der Waals surface area contributed by atoms with E-state index in [1.165, 1.54) is 0 Å². The number of carbonyl (C=O) groups is 1. The van der Waals surface area contributed by atoms with Crippen LogP contribution < -0.4 is 0 Å². The van der Waals surface area contributed by atoms with Crippen LogP contribution in [-0.2, 0) is 22.8 Å². The summed E-state index contributed by atoms with van der Waals surface area (Å²) in [6.07, 6.45) is 0. The summed E-state index contributed by atoms with van der Waals surface area (Å²) in [7, 11) is -10.1. The molecule has 0 aliphatic heterocycles. The van der Waals surface area contributed by atoms with Crippen LogP contribution in [-0.4, -0.2) is 102 Å². The maximum absolute atomic E-state index is 10.4. The van der Waals surface area contributed by atoms with Gasteiger partial charge in [0.25, 0.3) is 0 Å². The first-order valence-electron chi connectivity index (χ1n) is 2.42. The zero-order chi connectivity index (χ0) is 9.99. The van der Waals surface area contributed by atoms with Gasteiger partial charge in [0.05, 0.1) is 0 Å². The van der Waals surface area contributed by atoms with E-state index >= 15 is 0 Å². The second kappa shape index (κ2) is 8.49. The molecule has 3 N–H and O–H groups in total. The molecule has 0 spiro atoms. The molecule has 0 fully saturated rings. The van der Waals surface area contributed by atoms with Crippen molar-refractivity contribution in [3.8, 4) is 0 Å². The van der Waals surface area contributed by atoms with Gasteiger partial charge in [-0.2, -0.15) is 4.31 Å². The zero-order valence-corrected chi connectivity index (χ0v) is 7.57. The van der Waals surface area contributed by atoms with E-state index in [1.807, 2.05) is 0 Å². The van der Waals surface area contributed by atoms with E-state index in [9.17, 15) is 13.9 Å². The number of rotatable bonds is 3. The van der Waals surface area contributed by atoms with E-state index < -0.39 is 21.6 Å². The van der Waals surface area contributed by atoms with Gasteiger partial charge < -0.3 is 14.3 Å². The van der Waals surface area contributed by atoms with Crippen molar-refractivity contribution in [3.05, 3.63) is 0 Å². The minimum absolute atomic E-state index is 0. The molecule has 0 amide bonds. The van der Waals surface area contributed by atoms with Gasteiger partial charge in [0.2, 0.25) is 0 Å². The molecular weight excluding hydrogens is 276 g/mol. The predicted molar refractivity (Wildman–Crippen MR) is 49.0 cm³/mol. The first-order chi connectivity index (χ1) is 5.12. The fraction of sp³-hybridized carbons (Fsp3) is 0.500. The molecule has 0 radical (unpaired) electrons. The molecule has 0 saturated carbocycles. The average molecular weight is 284 g/mol. The van der Waals surface area contributed by atoms with Gasteiger partial charge in [-0.05, 0) is 0 Å². The maximum atomic E-state index is 10.4. The van der Waals surface area contributed by atoms with E-state index in [1.54, 1.807) is 0 Å². The molecule has 0 aromatic carbocycles. The van der Waals surface area contributed by atoms with Crippen LogP contribution in [0.3, 0.4) is 0 Å². The third-order valence-electron chi connectivity index (χ3n) is 0.453. The number of hydrogen-bond donors (Lipinski definition) is 3. The second-order valence-corrected chi connectivity index (χ2v) is 4.38.